The second-order valence-corrected chi connectivity index (χ2v) is 15.2. The SMILES string of the molecule is CC[C@H](C)[C@H](N)C(=O)N[C@@H](CC(C)C)C(=O)NCC(=O)N[C@@H](Cc1cnc[nH]1)C(=O)N[C@@H](CCCN=C(N)N)C(=O)N[C@@H](CC(=O)O)C(=O)N[C@@H](Cc1ccc(O)cc1)C(N)=O. The average molecular weight is 872 g/mol. The van der Waals surface area contributed by atoms with E-state index in [0.29, 0.717) is 17.7 Å². The summed E-state index contributed by atoms with van der Waals surface area (Å²) in [4.78, 5) is 115. The van der Waals surface area contributed by atoms with E-state index < -0.39 is 96.5 Å². The molecular weight excluding hydrogens is 811 g/mol. The van der Waals surface area contributed by atoms with E-state index in [1.807, 2.05) is 27.7 Å². The fourth-order valence-electron chi connectivity index (χ4n) is 5.91. The Morgan fingerprint density at radius 2 is 1.37 bits per heavy atom. The Morgan fingerprint density at radius 1 is 0.774 bits per heavy atom. The highest BCUT2D eigenvalue weighted by Crippen LogP contribution is 2.13. The van der Waals surface area contributed by atoms with Crippen molar-refractivity contribution < 1.29 is 48.6 Å². The molecule has 0 unspecified atom stereocenters. The van der Waals surface area contributed by atoms with Crippen LogP contribution < -0.4 is 54.8 Å². The first-order valence-electron chi connectivity index (χ1n) is 20.1. The number of primary amides is 1. The fraction of sp³-hybridized carbons (Fsp3) is 0.538. The lowest BCUT2D eigenvalue weighted by atomic mass is 9.97. The van der Waals surface area contributed by atoms with Crippen molar-refractivity contribution in [3.8, 4) is 5.75 Å². The molecule has 0 spiro atoms. The molecule has 0 radical (unpaired) electrons. The number of carbonyl (C=O) groups excluding carboxylic acids is 7. The van der Waals surface area contributed by atoms with Crippen molar-refractivity contribution in [2.45, 2.75) is 109 Å². The molecule has 17 N–H and O–H groups in total. The van der Waals surface area contributed by atoms with Gasteiger partial charge in [-0.2, -0.15) is 0 Å². The molecule has 0 aliphatic heterocycles. The Hall–Kier alpha value is -6.78. The predicted octanol–water partition coefficient (Wildman–Crippen LogP) is -3.13. The molecule has 0 aliphatic rings. The van der Waals surface area contributed by atoms with Crippen molar-refractivity contribution in [2.24, 2.45) is 39.8 Å². The number of nitrogens with zero attached hydrogens (tertiary/aromatic N) is 2. The van der Waals surface area contributed by atoms with Crippen LogP contribution in [0.1, 0.15) is 71.1 Å². The first kappa shape index (κ1) is 51.4. The van der Waals surface area contributed by atoms with Gasteiger partial charge in [-0.1, -0.05) is 46.2 Å². The van der Waals surface area contributed by atoms with Crippen LogP contribution in [0.4, 0.5) is 0 Å². The number of benzene rings is 1. The van der Waals surface area contributed by atoms with Crippen molar-refractivity contribution in [3.63, 3.8) is 0 Å². The van der Waals surface area contributed by atoms with Crippen LogP contribution in [-0.2, 0) is 51.2 Å². The van der Waals surface area contributed by atoms with E-state index in [-0.39, 0.29) is 62.2 Å². The quantitative estimate of drug-likeness (QED) is 0.0240. The number of amides is 7. The smallest absolute Gasteiger partial charge is 0.305 e. The molecule has 0 fully saturated rings. The van der Waals surface area contributed by atoms with Gasteiger partial charge >= 0.3 is 5.97 Å². The molecule has 23 heteroatoms. The number of nitrogens with two attached hydrogens (primary N) is 4. The van der Waals surface area contributed by atoms with E-state index >= 15 is 0 Å². The number of nitrogens with one attached hydrogen (secondary N) is 7. The van der Waals surface area contributed by atoms with Gasteiger partial charge in [0.05, 0.1) is 25.3 Å². The van der Waals surface area contributed by atoms with Gasteiger partial charge in [0.15, 0.2) is 5.96 Å². The zero-order chi connectivity index (χ0) is 46.5. The van der Waals surface area contributed by atoms with Crippen LogP contribution in [0.5, 0.6) is 5.75 Å². The summed E-state index contributed by atoms with van der Waals surface area (Å²) in [5.41, 5.74) is 23.3. The molecule has 0 saturated heterocycles. The Kier molecular flexibility index (Phi) is 21.3. The number of guanidine groups is 1. The number of aliphatic imine (C=N–C) groups is 1. The first-order valence-corrected chi connectivity index (χ1v) is 20.1. The van der Waals surface area contributed by atoms with Gasteiger partial charge in [0.25, 0.3) is 0 Å². The Bertz CT molecular complexity index is 1850. The summed E-state index contributed by atoms with van der Waals surface area (Å²) in [6.45, 7) is 6.79. The highest BCUT2D eigenvalue weighted by Gasteiger charge is 2.33. The molecule has 2 rings (SSSR count). The van der Waals surface area contributed by atoms with E-state index in [1.165, 1.54) is 36.8 Å². The minimum atomic E-state index is -1.77. The molecule has 1 aromatic carbocycles. The van der Waals surface area contributed by atoms with Gasteiger partial charge in [0, 0.05) is 31.3 Å². The molecule has 23 nitrogen and oxygen atoms in total. The lowest BCUT2D eigenvalue weighted by Gasteiger charge is -2.26. The van der Waals surface area contributed by atoms with Gasteiger partial charge in [-0.3, -0.25) is 43.3 Å². The number of hydrogen-bond acceptors (Lipinski definition) is 12. The number of carboxylic acids is 1. The van der Waals surface area contributed by atoms with Crippen molar-refractivity contribution in [2.75, 3.05) is 13.1 Å². The minimum absolute atomic E-state index is 0.00834. The van der Waals surface area contributed by atoms with Crippen molar-refractivity contribution in [3.05, 3.63) is 48.0 Å². The van der Waals surface area contributed by atoms with E-state index in [0.717, 1.165) is 0 Å². The Labute approximate surface area is 358 Å². The number of aromatic amines is 1. The van der Waals surface area contributed by atoms with Crippen LogP contribution >= 0.6 is 0 Å². The summed E-state index contributed by atoms with van der Waals surface area (Å²) in [6.07, 6.45) is 2.32. The number of aromatic nitrogens is 2. The summed E-state index contributed by atoms with van der Waals surface area (Å²) in [5.74, 6) is -7.90. The third-order valence-electron chi connectivity index (χ3n) is 9.58. The van der Waals surface area contributed by atoms with E-state index in [1.54, 1.807) is 0 Å². The summed E-state index contributed by atoms with van der Waals surface area (Å²) in [7, 11) is 0. The second-order valence-electron chi connectivity index (χ2n) is 15.2. The third-order valence-corrected chi connectivity index (χ3v) is 9.58. The third kappa shape index (κ3) is 18.6. The Balaban J connectivity index is 2.30. The lowest BCUT2D eigenvalue weighted by molar-refractivity contribution is -0.141. The number of phenols is 1. The number of aromatic hydroxyl groups is 1. The predicted molar refractivity (Wildman–Crippen MR) is 225 cm³/mol. The number of H-pyrrole nitrogens is 1. The van der Waals surface area contributed by atoms with Crippen LogP contribution in [0, 0.1) is 11.8 Å². The lowest BCUT2D eigenvalue weighted by Crippen LogP contribution is -2.59. The summed E-state index contributed by atoms with van der Waals surface area (Å²) >= 11 is 0. The number of rotatable bonds is 27. The van der Waals surface area contributed by atoms with Crippen molar-refractivity contribution in [1.29, 1.82) is 0 Å². The molecule has 7 amide bonds. The zero-order valence-electron chi connectivity index (χ0n) is 35.3. The molecule has 1 aromatic heterocycles. The number of carbonyl (C=O) groups is 8. The molecule has 0 bridgehead atoms. The molecular formula is C39H61N13O10. The summed E-state index contributed by atoms with van der Waals surface area (Å²) < 4.78 is 0. The van der Waals surface area contributed by atoms with Gasteiger partial charge in [-0.05, 0) is 48.8 Å². The molecule has 2 aromatic rings. The summed E-state index contributed by atoms with van der Waals surface area (Å²) in [5, 5.41) is 34.1. The maximum Gasteiger partial charge on any atom is 0.305 e. The monoisotopic (exact) mass is 871 g/mol. The van der Waals surface area contributed by atoms with Crippen LogP contribution in [0.25, 0.3) is 0 Å². The van der Waals surface area contributed by atoms with Crippen LogP contribution in [0.3, 0.4) is 0 Å². The van der Waals surface area contributed by atoms with Crippen molar-refractivity contribution >= 4 is 53.3 Å². The molecule has 1 heterocycles. The minimum Gasteiger partial charge on any atom is -0.508 e. The maximum atomic E-state index is 13.9. The maximum absolute atomic E-state index is 13.9. The highest BCUT2D eigenvalue weighted by atomic mass is 16.4. The number of imidazole rings is 1. The highest BCUT2D eigenvalue weighted by molar-refractivity contribution is 5.97. The van der Waals surface area contributed by atoms with E-state index in [2.05, 4.69) is 46.9 Å². The summed E-state index contributed by atoms with van der Waals surface area (Å²) in [6, 6.07) is -2.16. The Morgan fingerprint density at radius 3 is 1.94 bits per heavy atom. The molecule has 7 atom stereocenters. The number of carboxylic acid groups (broad SMARTS) is 1. The number of hydrogen-bond donors (Lipinski definition) is 13. The second kappa shape index (κ2) is 25.8. The van der Waals surface area contributed by atoms with E-state index in [9.17, 15) is 48.6 Å². The number of phenolic OH excluding ortho intramolecular Hbond substituents is 1. The molecule has 0 saturated carbocycles. The standard InChI is InChI=1S/C39H61N13O10/c1-5-21(4)32(40)38(62)52-27(13-20(2)3)34(58)46-18-30(54)48-28(15-23-17-44-19-47-23)36(60)49-25(7-6-12-45-39(42)43)35(59)51-29(16-31(55)56)37(61)50-26(33(41)57)14-22-8-10-24(53)11-9-22/h8-11,17,19-21,25-29,32,53H,5-7,12-16,18,40H2,1-4H3,(H2,41,57)(H,44,47)(H,46,58)(H,48,54)(H,49,60)(H,50,61)(H,51,59)(H,52,62)(H,55,56)(H4,42,43,45)/t21-,25-,26-,27-,28-,29-,32-/m0/s1. The molecule has 342 valence electrons. The fourth-order valence-corrected chi connectivity index (χ4v) is 5.91. The van der Waals surface area contributed by atoms with E-state index in [4.69, 9.17) is 22.9 Å². The van der Waals surface area contributed by atoms with Crippen LogP contribution in [-0.4, -0.2) is 123 Å². The zero-order valence-corrected chi connectivity index (χ0v) is 35.3. The normalized spacial score (nSPS) is 14.4. The van der Waals surface area contributed by atoms with Gasteiger partial charge in [-0.25, -0.2) is 4.98 Å². The average Bonchev–Trinajstić information content (AvgIpc) is 3.72. The topological polar surface area (TPSA) is 394 Å². The largest absolute Gasteiger partial charge is 0.508 e. The van der Waals surface area contributed by atoms with Gasteiger partial charge < -0.3 is 70.0 Å². The van der Waals surface area contributed by atoms with Crippen LogP contribution in [0.2, 0.25) is 0 Å². The first-order chi connectivity index (χ1) is 29.2. The number of aliphatic carboxylic acids is 1. The van der Waals surface area contributed by atoms with Crippen molar-refractivity contribution in [1.82, 2.24) is 41.9 Å². The molecule has 62 heavy (non-hydrogen) atoms. The van der Waals surface area contributed by atoms with Gasteiger partial charge in [-0.15, -0.1) is 0 Å². The molecule has 0 aliphatic carbocycles. The van der Waals surface area contributed by atoms with Gasteiger partial charge in [0.2, 0.25) is 41.4 Å². The van der Waals surface area contributed by atoms with Crippen LogP contribution in [0.15, 0.2) is 41.8 Å². The van der Waals surface area contributed by atoms with Gasteiger partial charge in [0.1, 0.15) is 36.0 Å².